The van der Waals surface area contributed by atoms with Crippen molar-refractivity contribution in [3.8, 4) is 0 Å². The molecule has 1 fully saturated rings. The monoisotopic (exact) mass is 462 g/mol. The van der Waals surface area contributed by atoms with Crippen molar-refractivity contribution >= 4 is 38.9 Å². The number of amides is 1. The first-order chi connectivity index (χ1) is 14.6. The molecule has 0 radical (unpaired) electrons. The third-order valence-electron chi connectivity index (χ3n) is 6.44. The van der Waals surface area contributed by atoms with Gasteiger partial charge in [0.25, 0.3) is 5.91 Å². The summed E-state index contributed by atoms with van der Waals surface area (Å²) < 4.78 is 26.0. The van der Waals surface area contributed by atoms with Gasteiger partial charge in [0.05, 0.1) is 35.1 Å². The molecule has 31 heavy (non-hydrogen) atoms. The van der Waals surface area contributed by atoms with Crippen LogP contribution in [0.5, 0.6) is 0 Å². The maximum Gasteiger partial charge on any atom is 0.259 e. The molecule has 0 N–H and O–H groups in total. The van der Waals surface area contributed by atoms with E-state index in [4.69, 9.17) is 11.6 Å². The van der Waals surface area contributed by atoms with Gasteiger partial charge in [-0.2, -0.15) is 4.31 Å². The zero-order chi connectivity index (χ0) is 22.6. The van der Waals surface area contributed by atoms with E-state index in [0.717, 1.165) is 17.7 Å². The quantitative estimate of drug-likeness (QED) is 0.680. The maximum atomic E-state index is 13.2. The van der Waals surface area contributed by atoms with Gasteiger partial charge in [0, 0.05) is 36.8 Å². The van der Waals surface area contributed by atoms with Crippen LogP contribution in [-0.4, -0.2) is 55.5 Å². The molecule has 1 saturated heterocycles. The molecular formula is C22H27ClN4O3S. The van der Waals surface area contributed by atoms with Gasteiger partial charge in [-0.05, 0) is 57.0 Å². The summed E-state index contributed by atoms with van der Waals surface area (Å²) in [5.74, 6) is 0.0244. The summed E-state index contributed by atoms with van der Waals surface area (Å²) in [6.07, 6.45) is 4.18. The number of pyridine rings is 1. The topological polar surface area (TPSA) is 73.8 Å². The highest BCUT2D eigenvalue weighted by Crippen LogP contribution is 2.43. The van der Waals surface area contributed by atoms with Crippen LogP contribution in [0.25, 0.3) is 0 Å². The number of halogens is 1. The van der Waals surface area contributed by atoms with Crippen LogP contribution < -0.4 is 9.80 Å². The summed E-state index contributed by atoms with van der Waals surface area (Å²) in [6, 6.07) is 7.34. The van der Waals surface area contributed by atoms with Crippen LogP contribution in [0.3, 0.4) is 0 Å². The number of sulfonamides is 1. The predicted molar refractivity (Wildman–Crippen MR) is 123 cm³/mol. The van der Waals surface area contributed by atoms with Gasteiger partial charge >= 0.3 is 0 Å². The second-order valence-corrected chi connectivity index (χ2v) is 11.3. The van der Waals surface area contributed by atoms with Crippen molar-refractivity contribution < 1.29 is 13.2 Å². The molecule has 1 aromatic heterocycles. The molecule has 3 heterocycles. The zero-order valence-corrected chi connectivity index (χ0v) is 19.7. The Morgan fingerprint density at radius 1 is 1.26 bits per heavy atom. The second-order valence-electron chi connectivity index (χ2n) is 8.60. The van der Waals surface area contributed by atoms with Crippen LogP contribution in [0.4, 0.5) is 11.4 Å². The van der Waals surface area contributed by atoms with E-state index in [1.807, 2.05) is 33.0 Å². The first kappa shape index (κ1) is 22.0. The van der Waals surface area contributed by atoms with E-state index in [1.165, 1.54) is 0 Å². The van der Waals surface area contributed by atoms with E-state index in [0.29, 0.717) is 29.4 Å². The van der Waals surface area contributed by atoms with Crippen molar-refractivity contribution in [2.75, 3.05) is 35.7 Å². The van der Waals surface area contributed by atoms with Crippen molar-refractivity contribution in [2.45, 2.75) is 38.8 Å². The Balaban J connectivity index is 1.62. The summed E-state index contributed by atoms with van der Waals surface area (Å²) >= 11 is 6.19. The van der Waals surface area contributed by atoms with E-state index in [-0.39, 0.29) is 17.7 Å². The predicted octanol–water partition coefficient (Wildman–Crippen LogP) is 3.49. The van der Waals surface area contributed by atoms with Crippen LogP contribution in [0.15, 0.2) is 36.7 Å². The van der Waals surface area contributed by atoms with Crippen molar-refractivity contribution in [3.63, 3.8) is 0 Å². The van der Waals surface area contributed by atoms with Gasteiger partial charge in [-0.15, -0.1) is 0 Å². The Morgan fingerprint density at radius 2 is 2.00 bits per heavy atom. The molecule has 7 nitrogen and oxygen atoms in total. The lowest BCUT2D eigenvalue weighted by Gasteiger charge is -2.33. The fraction of sp³-hybridized carbons (Fsp3) is 0.455. The number of benzene rings is 1. The minimum Gasteiger partial charge on any atom is -0.369 e. The molecule has 0 spiro atoms. The smallest absolute Gasteiger partial charge is 0.259 e. The summed E-state index contributed by atoms with van der Waals surface area (Å²) in [7, 11) is -1.25. The zero-order valence-electron chi connectivity index (χ0n) is 18.2. The summed E-state index contributed by atoms with van der Waals surface area (Å²) in [4.78, 5) is 21.4. The second kappa shape index (κ2) is 7.76. The third kappa shape index (κ3) is 3.70. The molecule has 2 aliphatic rings. The van der Waals surface area contributed by atoms with Gasteiger partial charge in [-0.1, -0.05) is 11.6 Å². The fourth-order valence-corrected chi connectivity index (χ4v) is 5.87. The molecule has 4 rings (SSSR count). The number of hydrogen-bond acceptors (Lipinski definition) is 5. The molecule has 9 heteroatoms. The first-order valence-electron chi connectivity index (χ1n) is 10.4. The minimum absolute atomic E-state index is 0.0525. The number of carbonyl (C=O) groups is 1. The van der Waals surface area contributed by atoms with E-state index in [1.54, 1.807) is 40.7 Å². The van der Waals surface area contributed by atoms with Crippen LogP contribution in [0, 0.1) is 0 Å². The van der Waals surface area contributed by atoms with Gasteiger partial charge in [-0.25, -0.2) is 8.42 Å². The van der Waals surface area contributed by atoms with Gasteiger partial charge in [0.15, 0.2) is 0 Å². The standard InChI is InChI=1S/C22H27ClN4O3S/c1-5-31(29,30)26-9-8-16(14-26)25(4)17-11-18(13-24-12-17)27-21(28)19-7-6-15(23)10-20(19)22(27,2)3/h6-7,10-13,16H,5,8-9,14H2,1-4H3/t16-/m1/s1. The average molecular weight is 463 g/mol. The van der Waals surface area contributed by atoms with Gasteiger partial charge in [0.2, 0.25) is 10.0 Å². The lowest BCUT2D eigenvalue weighted by atomic mass is 9.93. The Hall–Kier alpha value is -2.16. The fourth-order valence-electron chi connectivity index (χ4n) is 4.55. The van der Waals surface area contributed by atoms with Gasteiger partial charge < -0.3 is 4.90 Å². The summed E-state index contributed by atoms with van der Waals surface area (Å²) in [5, 5.41) is 0.598. The Kier molecular flexibility index (Phi) is 5.52. The molecule has 166 valence electrons. The van der Waals surface area contributed by atoms with E-state index < -0.39 is 15.6 Å². The number of likely N-dealkylation sites (N-methyl/N-ethyl adjacent to an activating group) is 1. The number of anilines is 2. The molecule has 0 unspecified atom stereocenters. The summed E-state index contributed by atoms with van der Waals surface area (Å²) in [6.45, 7) is 6.63. The molecule has 1 amide bonds. The Labute approximate surface area is 188 Å². The Morgan fingerprint density at radius 3 is 2.71 bits per heavy atom. The van der Waals surface area contributed by atoms with Crippen molar-refractivity contribution in [3.05, 3.63) is 52.8 Å². The Bertz CT molecular complexity index is 1140. The molecule has 0 bridgehead atoms. The molecule has 2 aliphatic heterocycles. The largest absolute Gasteiger partial charge is 0.369 e. The number of hydrogen-bond donors (Lipinski definition) is 0. The lowest BCUT2D eigenvalue weighted by Crippen LogP contribution is -2.40. The number of nitrogens with zero attached hydrogens (tertiary/aromatic N) is 4. The molecule has 1 aromatic carbocycles. The van der Waals surface area contributed by atoms with Crippen LogP contribution >= 0.6 is 11.6 Å². The molecule has 1 atom stereocenters. The molecule has 2 aromatic rings. The highest BCUT2D eigenvalue weighted by molar-refractivity contribution is 7.89. The molecule has 0 aliphatic carbocycles. The molecular weight excluding hydrogens is 436 g/mol. The number of carbonyl (C=O) groups excluding carboxylic acids is 1. The van der Waals surface area contributed by atoms with Crippen molar-refractivity contribution in [1.82, 2.24) is 9.29 Å². The molecule has 0 saturated carbocycles. The summed E-state index contributed by atoms with van der Waals surface area (Å²) in [5.41, 5.74) is 2.50. The van der Waals surface area contributed by atoms with Crippen molar-refractivity contribution in [2.24, 2.45) is 0 Å². The van der Waals surface area contributed by atoms with E-state index in [2.05, 4.69) is 9.88 Å². The average Bonchev–Trinajstić information content (AvgIpc) is 3.30. The third-order valence-corrected chi connectivity index (χ3v) is 8.52. The van der Waals surface area contributed by atoms with E-state index in [9.17, 15) is 13.2 Å². The van der Waals surface area contributed by atoms with Crippen LogP contribution in [-0.2, 0) is 15.6 Å². The van der Waals surface area contributed by atoms with Gasteiger partial charge in [0.1, 0.15) is 0 Å². The first-order valence-corrected chi connectivity index (χ1v) is 12.3. The lowest BCUT2D eigenvalue weighted by molar-refractivity contribution is 0.0982. The highest BCUT2D eigenvalue weighted by Gasteiger charge is 2.44. The number of rotatable bonds is 5. The van der Waals surface area contributed by atoms with Crippen molar-refractivity contribution in [1.29, 1.82) is 0 Å². The van der Waals surface area contributed by atoms with Gasteiger partial charge in [-0.3, -0.25) is 14.7 Å². The maximum absolute atomic E-state index is 13.2. The normalized spacial score (nSPS) is 20.9. The minimum atomic E-state index is -3.20. The van der Waals surface area contributed by atoms with Crippen LogP contribution in [0.1, 0.15) is 43.1 Å². The highest BCUT2D eigenvalue weighted by atomic mass is 35.5. The number of aromatic nitrogens is 1. The SMILES string of the molecule is CCS(=O)(=O)N1CC[C@@H](N(C)c2cncc(N3C(=O)c4ccc(Cl)cc4C3(C)C)c2)C1. The number of fused-ring (bicyclic) bond motifs is 1. The van der Waals surface area contributed by atoms with Crippen LogP contribution in [0.2, 0.25) is 5.02 Å². The van der Waals surface area contributed by atoms with E-state index >= 15 is 0 Å².